The maximum absolute atomic E-state index is 12.5. The lowest BCUT2D eigenvalue weighted by Gasteiger charge is -2.14. The van der Waals surface area contributed by atoms with Crippen LogP contribution in [0.25, 0.3) is 0 Å². The molecule has 0 amide bonds. The van der Waals surface area contributed by atoms with E-state index < -0.39 is 11.7 Å². The Hall–Kier alpha value is -1.43. The van der Waals surface area contributed by atoms with E-state index in [-0.39, 0.29) is 24.0 Å². The highest BCUT2D eigenvalue weighted by atomic mass is 127. The van der Waals surface area contributed by atoms with Crippen molar-refractivity contribution in [1.29, 1.82) is 0 Å². The molecule has 114 valence electrons. The van der Waals surface area contributed by atoms with E-state index in [0.717, 1.165) is 31.6 Å². The molecule has 0 aliphatic carbocycles. The Labute approximate surface area is 138 Å². The Kier molecular flexibility index (Phi) is 6.81. The number of nitrogens with zero attached hydrogens (tertiary/aromatic N) is 1. The van der Waals surface area contributed by atoms with Crippen molar-refractivity contribution in [2.24, 2.45) is 4.99 Å². The van der Waals surface area contributed by atoms with Gasteiger partial charge in [-0.05, 0) is 24.6 Å². The molecule has 0 radical (unpaired) electrons. The van der Waals surface area contributed by atoms with Gasteiger partial charge in [-0.3, -0.25) is 4.99 Å². The van der Waals surface area contributed by atoms with Crippen molar-refractivity contribution in [2.75, 3.05) is 19.6 Å². The Bertz CT molecular complexity index is 559. The Morgan fingerprint density at radius 2 is 2.14 bits per heavy atom. The number of alkyl halides is 3. The lowest BCUT2D eigenvalue weighted by Crippen LogP contribution is -2.40. The highest BCUT2D eigenvalue weighted by Crippen LogP contribution is 2.29. The molecule has 1 heterocycles. The molecule has 0 bridgehead atoms. The minimum atomic E-state index is -4.34. The molecule has 0 saturated carbocycles. The fraction of sp³-hybridized carbons (Fsp3) is 0.357. The van der Waals surface area contributed by atoms with E-state index in [1.807, 2.05) is 0 Å². The molecule has 1 aliphatic rings. The third kappa shape index (κ3) is 5.83. The van der Waals surface area contributed by atoms with E-state index in [1.165, 1.54) is 6.07 Å². The van der Waals surface area contributed by atoms with Gasteiger partial charge in [0.25, 0.3) is 0 Å². The summed E-state index contributed by atoms with van der Waals surface area (Å²) < 4.78 is 37.5. The average molecular weight is 409 g/mol. The maximum Gasteiger partial charge on any atom is 0.416 e. The van der Waals surface area contributed by atoms with Crippen LogP contribution >= 0.6 is 24.0 Å². The summed E-state index contributed by atoms with van der Waals surface area (Å²) in [5.41, 5.74) is -0.337. The summed E-state index contributed by atoms with van der Waals surface area (Å²) in [7, 11) is 0. The first-order valence-electron chi connectivity index (χ1n) is 6.24. The van der Waals surface area contributed by atoms with Gasteiger partial charge in [0.05, 0.1) is 12.1 Å². The quantitative estimate of drug-likeness (QED) is 0.553. The van der Waals surface area contributed by atoms with Crippen LogP contribution in [0.2, 0.25) is 0 Å². The minimum absolute atomic E-state index is 0. The van der Waals surface area contributed by atoms with Gasteiger partial charge < -0.3 is 10.6 Å². The third-order valence-electron chi connectivity index (χ3n) is 2.66. The van der Waals surface area contributed by atoms with Gasteiger partial charge in [0.1, 0.15) is 0 Å². The van der Waals surface area contributed by atoms with Crippen molar-refractivity contribution < 1.29 is 13.2 Å². The first-order chi connectivity index (χ1) is 9.55. The van der Waals surface area contributed by atoms with E-state index in [1.54, 1.807) is 6.07 Å². The van der Waals surface area contributed by atoms with Crippen LogP contribution in [0.4, 0.5) is 13.2 Å². The SMILES string of the molecule is FC(F)(F)c1cccc(C#CCNC2=NCCCN2)c1.I. The molecular formula is C14H15F3IN3. The second-order valence-corrected chi connectivity index (χ2v) is 4.24. The van der Waals surface area contributed by atoms with Crippen molar-refractivity contribution in [2.45, 2.75) is 12.6 Å². The summed E-state index contributed by atoms with van der Waals surface area (Å²) in [5, 5.41) is 6.05. The van der Waals surface area contributed by atoms with Crippen LogP contribution in [0, 0.1) is 11.8 Å². The van der Waals surface area contributed by atoms with E-state index in [9.17, 15) is 13.2 Å². The van der Waals surface area contributed by atoms with Gasteiger partial charge in [0.15, 0.2) is 5.96 Å². The first-order valence-corrected chi connectivity index (χ1v) is 6.24. The van der Waals surface area contributed by atoms with Gasteiger partial charge >= 0.3 is 6.18 Å². The molecule has 0 aromatic heterocycles. The molecule has 0 saturated heterocycles. The molecule has 1 aromatic carbocycles. The summed E-state index contributed by atoms with van der Waals surface area (Å²) >= 11 is 0. The monoisotopic (exact) mass is 409 g/mol. The predicted octanol–water partition coefficient (Wildman–Crippen LogP) is 2.61. The lowest BCUT2D eigenvalue weighted by atomic mass is 10.1. The zero-order valence-corrected chi connectivity index (χ0v) is 13.5. The second-order valence-electron chi connectivity index (χ2n) is 4.24. The third-order valence-corrected chi connectivity index (χ3v) is 2.66. The molecule has 0 fully saturated rings. The summed E-state index contributed by atoms with van der Waals surface area (Å²) in [5.74, 6) is 6.17. The molecule has 7 heteroatoms. The van der Waals surface area contributed by atoms with Crippen LogP contribution in [0.5, 0.6) is 0 Å². The van der Waals surface area contributed by atoms with Crippen molar-refractivity contribution >= 4 is 29.9 Å². The van der Waals surface area contributed by atoms with Crippen LogP contribution < -0.4 is 10.6 Å². The van der Waals surface area contributed by atoms with Crippen molar-refractivity contribution in [3.05, 3.63) is 35.4 Å². The van der Waals surface area contributed by atoms with Crippen LogP contribution in [-0.2, 0) is 6.18 Å². The second kappa shape index (κ2) is 8.12. The number of nitrogens with one attached hydrogen (secondary N) is 2. The zero-order chi connectivity index (χ0) is 14.4. The number of halogens is 4. The van der Waals surface area contributed by atoms with Crippen LogP contribution in [0.15, 0.2) is 29.3 Å². The molecule has 2 N–H and O–H groups in total. The number of hydrogen-bond donors (Lipinski definition) is 2. The number of rotatable bonds is 1. The Morgan fingerprint density at radius 1 is 1.33 bits per heavy atom. The standard InChI is InChI=1S/C14H14F3N3.HI/c15-14(16,17)12-6-1-4-11(10-12)5-2-7-18-13-19-8-3-9-20-13;/h1,4,6,10H,3,7-9H2,(H2,18,19,20);1H. The van der Waals surface area contributed by atoms with Crippen molar-refractivity contribution in [3.8, 4) is 11.8 Å². The fourth-order valence-corrected chi connectivity index (χ4v) is 1.70. The van der Waals surface area contributed by atoms with Gasteiger partial charge in [0.2, 0.25) is 0 Å². The molecule has 0 atom stereocenters. The topological polar surface area (TPSA) is 36.4 Å². The number of hydrogen-bond acceptors (Lipinski definition) is 3. The normalized spacial score (nSPS) is 14.0. The molecule has 21 heavy (non-hydrogen) atoms. The molecule has 0 spiro atoms. The predicted molar refractivity (Wildman–Crippen MR) is 86.7 cm³/mol. The Morgan fingerprint density at radius 3 is 2.81 bits per heavy atom. The highest BCUT2D eigenvalue weighted by Gasteiger charge is 2.30. The fourth-order valence-electron chi connectivity index (χ4n) is 1.70. The van der Waals surface area contributed by atoms with E-state index in [4.69, 9.17) is 0 Å². The summed E-state index contributed by atoms with van der Waals surface area (Å²) in [4.78, 5) is 4.20. The van der Waals surface area contributed by atoms with Crippen molar-refractivity contribution in [3.63, 3.8) is 0 Å². The zero-order valence-electron chi connectivity index (χ0n) is 11.1. The lowest BCUT2D eigenvalue weighted by molar-refractivity contribution is -0.137. The van der Waals surface area contributed by atoms with Crippen molar-refractivity contribution in [1.82, 2.24) is 10.6 Å². The number of benzene rings is 1. The van der Waals surface area contributed by atoms with Crippen LogP contribution in [0.1, 0.15) is 17.5 Å². The minimum Gasteiger partial charge on any atom is -0.356 e. The van der Waals surface area contributed by atoms with Gasteiger partial charge in [-0.15, -0.1) is 24.0 Å². The van der Waals surface area contributed by atoms with Gasteiger partial charge in [-0.2, -0.15) is 13.2 Å². The molecule has 0 unspecified atom stereocenters. The largest absolute Gasteiger partial charge is 0.416 e. The van der Waals surface area contributed by atoms with Gasteiger partial charge in [-0.1, -0.05) is 17.9 Å². The number of aliphatic imine (C=N–C) groups is 1. The molecular weight excluding hydrogens is 394 g/mol. The molecule has 3 nitrogen and oxygen atoms in total. The maximum atomic E-state index is 12.5. The molecule has 1 aliphatic heterocycles. The summed E-state index contributed by atoms with van der Waals surface area (Å²) in [6, 6.07) is 4.99. The van der Waals surface area contributed by atoms with Crippen LogP contribution in [0.3, 0.4) is 0 Å². The van der Waals surface area contributed by atoms with Gasteiger partial charge in [0, 0.05) is 18.7 Å². The molecule has 2 rings (SSSR count). The van der Waals surface area contributed by atoms with E-state index >= 15 is 0 Å². The smallest absolute Gasteiger partial charge is 0.356 e. The average Bonchev–Trinajstić information content (AvgIpc) is 2.44. The van der Waals surface area contributed by atoms with E-state index in [0.29, 0.717) is 18.1 Å². The summed E-state index contributed by atoms with van der Waals surface area (Å²) in [6.07, 6.45) is -3.34. The molecule has 1 aromatic rings. The van der Waals surface area contributed by atoms with Crippen LogP contribution in [-0.4, -0.2) is 25.6 Å². The Balaban J connectivity index is 0.00000220. The van der Waals surface area contributed by atoms with E-state index in [2.05, 4.69) is 27.5 Å². The van der Waals surface area contributed by atoms with Gasteiger partial charge in [-0.25, -0.2) is 0 Å². The summed E-state index contributed by atoms with van der Waals surface area (Å²) in [6.45, 7) is 1.98. The number of guanidine groups is 1. The highest BCUT2D eigenvalue weighted by molar-refractivity contribution is 14.0. The first kappa shape index (κ1) is 17.6.